The third kappa shape index (κ3) is 5.14. The van der Waals surface area contributed by atoms with Crippen LogP contribution < -0.4 is 0 Å². The van der Waals surface area contributed by atoms with Gasteiger partial charge in [-0.25, -0.2) is 0 Å². The molecule has 0 aromatic heterocycles. The first-order valence-electron chi connectivity index (χ1n) is 5.85. The molecule has 0 fully saturated rings. The number of carbonyl (C=O) groups excluding carboxylic acids is 1. The number of carboxylic acid groups (broad SMARTS) is 1. The number of ether oxygens (including phenoxy) is 1. The molecule has 4 heteroatoms. The topological polar surface area (TPSA) is 63.6 Å². The summed E-state index contributed by atoms with van der Waals surface area (Å²) >= 11 is 0. The first-order chi connectivity index (χ1) is 7.46. The predicted molar refractivity (Wildman–Crippen MR) is 61.1 cm³/mol. The normalized spacial score (nSPS) is 14.2. The van der Waals surface area contributed by atoms with Gasteiger partial charge in [-0.05, 0) is 19.8 Å². The van der Waals surface area contributed by atoms with Crippen molar-refractivity contribution < 1.29 is 19.4 Å². The summed E-state index contributed by atoms with van der Waals surface area (Å²) in [6.07, 6.45) is 3.24. The minimum Gasteiger partial charge on any atom is -0.481 e. The highest BCUT2D eigenvalue weighted by Gasteiger charge is 2.35. The summed E-state index contributed by atoms with van der Waals surface area (Å²) in [5.41, 5.74) is -0.891. The molecule has 1 unspecified atom stereocenters. The minimum atomic E-state index is -0.963. The van der Waals surface area contributed by atoms with Crippen LogP contribution in [0, 0.1) is 5.41 Å². The highest BCUT2D eigenvalue weighted by molar-refractivity contribution is 5.82. The summed E-state index contributed by atoms with van der Waals surface area (Å²) in [5.74, 6) is -1.36. The molecule has 0 amide bonds. The van der Waals surface area contributed by atoms with Crippen molar-refractivity contribution in [3.05, 3.63) is 0 Å². The monoisotopic (exact) mass is 230 g/mol. The molecule has 0 saturated carbocycles. The Morgan fingerprint density at radius 2 is 1.88 bits per heavy atom. The lowest BCUT2D eigenvalue weighted by Gasteiger charge is -2.23. The summed E-state index contributed by atoms with van der Waals surface area (Å²) in [6, 6.07) is 0. The number of rotatable bonds is 8. The SMILES string of the molecule is CCCCCOC(=O)C(C)(CC)CC(=O)O. The maximum atomic E-state index is 11.7. The van der Waals surface area contributed by atoms with Gasteiger partial charge in [0.15, 0.2) is 0 Å². The van der Waals surface area contributed by atoms with Crippen LogP contribution in [0.25, 0.3) is 0 Å². The Hall–Kier alpha value is -1.06. The van der Waals surface area contributed by atoms with Crippen molar-refractivity contribution in [2.75, 3.05) is 6.61 Å². The molecule has 0 rings (SSSR count). The van der Waals surface area contributed by atoms with Crippen LogP contribution in [0.4, 0.5) is 0 Å². The Balaban J connectivity index is 4.14. The van der Waals surface area contributed by atoms with Gasteiger partial charge >= 0.3 is 11.9 Å². The maximum absolute atomic E-state index is 11.7. The molecule has 0 saturated heterocycles. The number of esters is 1. The third-order valence-electron chi connectivity index (χ3n) is 2.80. The standard InChI is InChI=1S/C12H22O4/c1-4-6-7-8-16-11(15)12(3,5-2)9-10(13)14/h4-9H2,1-3H3,(H,13,14). The maximum Gasteiger partial charge on any atom is 0.312 e. The summed E-state index contributed by atoms with van der Waals surface area (Å²) in [4.78, 5) is 22.4. The first kappa shape index (κ1) is 14.9. The Bertz CT molecular complexity index is 237. The van der Waals surface area contributed by atoms with E-state index in [4.69, 9.17) is 9.84 Å². The number of unbranched alkanes of at least 4 members (excludes halogenated alkanes) is 2. The molecule has 1 atom stereocenters. The molecule has 0 radical (unpaired) electrons. The van der Waals surface area contributed by atoms with Crippen molar-refractivity contribution in [3.63, 3.8) is 0 Å². The van der Waals surface area contributed by atoms with Crippen LogP contribution in [-0.2, 0) is 14.3 Å². The molecule has 4 nitrogen and oxygen atoms in total. The van der Waals surface area contributed by atoms with Gasteiger partial charge in [0.05, 0.1) is 18.4 Å². The highest BCUT2D eigenvalue weighted by atomic mass is 16.5. The second kappa shape index (κ2) is 7.25. The van der Waals surface area contributed by atoms with E-state index in [1.54, 1.807) is 13.8 Å². The van der Waals surface area contributed by atoms with E-state index in [1.807, 2.05) is 0 Å². The van der Waals surface area contributed by atoms with Crippen LogP contribution in [0.2, 0.25) is 0 Å². The highest BCUT2D eigenvalue weighted by Crippen LogP contribution is 2.27. The molecule has 16 heavy (non-hydrogen) atoms. The van der Waals surface area contributed by atoms with Crippen LogP contribution in [0.15, 0.2) is 0 Å². The zero-order valence-corrected chi connectivity index (χ0v) is 10.4. The lowest BCUT2D eigenvalue weighted by molar-refractivity contribution is -0.160. The van der Waals surface area contributed by atoms with Gasteiger partial charge in [-0.3, -0.25) is 9.59 Å². The van der Waals surface area contributed by atoms with Crippen molar-refractivity contribution in [1.29, 1.82) is 0 Å². The largest absolute Gasteiger partial charge is 0.481 e. The van der Waals surface area contributed by atoms with E-state index in [0.29, 0.717) is 13.0 Å². The molecule has 0 heterocycles. The number of carbonyl (C=O) groups is 2. The van der Waals surface area contributed by atoms with Gasteiger partial charge in [-0.15, -0.1) is 0 Å². The zero-order chi connectivity index (χ0) is 12.6. The molecule has 0 aromatic rings. The lowest BCUT2D eigenvalue weighted by Crippen LogP contribution is -2.32. The Morgan fingerprint density at radius 3 is 2.31 bits per heavy atom. The molecule has 0 aliphatic carbocycles. The Morgan fingerprint density at radius 1 is 1.25 bits per heavy atom. The van der Waals surface area contributed by atoms with Gasteiger partial charge in [0, 0.05) is 0 Å². The zero-order valence-electron chi connectivity index (χ0n) is 10.4. The fourth-order valence-electron chi connectivity index (χ4n) is 1.37. The molecular formula is C12H22O4. The summed E-state index contributed by atoms with van der Waals surface area (Å²) in [5, 5.41) is 8.73. The average Bonchev–Trinajstić information content (AvgIpc) is 2.23. The van der Waals surface area contributed by atoms with Crippen molar-refractivity contribution in [1.82, 2.24) is 0 Å². The molecule has 1 N–H and O–H groups in total. The smallest absolute Gasteiger partial charge is 0.312 e. The van der Waals surface area contributed by atoms with Gasteiger partial charge < -0.3 is 9.84 Å². The second-order valence-corrected chi connectivity index (χ2v) is 4.33. The molecular weight excluding hydrogens is 208 g/mol. The molecule has 0 bridgehead atoms. The van der Waals surface area contributed by atoms with Crippen LogP contribution in [0.3, 0.4) is 0 Å². The number of hydrogen-bond acceptors (Lipinski definition) is 3. The quantitative estimate of drug-likeness (QED) is 0.514. The number of carboxylic acids is 1. The molecule has 0 spiro atoms. The summed E-state index contributed by atoms with van der Waals surface area (Å²) in [6.45, 7) is 5.91. The van der Waals surface area contributed by atoms with Crippen molar-refractivity contribution in [3.8, 4) is 0 Å². The van der Waals surface area contributed by atoms with E-state index in [0.717, 1.165) is 19.3 Å². The van der Waals surface area contributed by atoms with E-state index in [2.05, 4.69) is 6.92 Å². The first-order valence-corrected chi connectivity index (χ1v) is 5.85. The number of hydrogen-bond donors (Lipinski definition) is 1. The van der Waals surface area contributed by atoms with Crippen LogP contribution in [0.1, 0.15) is 52.9 Å². The van der Waals surface area contributed by atoms with Crippen molar-refractivity contribution in [2.45, 2.75) is 52.9 Å². The van der Waals surface area contributed by atoms with Gasteiger partial charge in [0.25, 0.3) is 0 Å². The second-order valence-electron chi connectivity index (χ2n) is 4.33. The fraction of sp³-hybridized carbons (Fsp3) is 0.833. The predicted octanol–water partition coefficient (Wildman–Crippen LogP) is 2.61. The molecule has 0 aliphatic heterocycles. The van der Waals surface area contributed by atoms with E-state index in [-0.39, 0.29) is 6.42 Å². The van der Waals surface area contributed by atoms with Gasteiger partial charge in [0.2, 0.25) is 0 Å². The van der Waals surface area contributed by atoms with Gasteiger partial charge in [-0.2, -0.15) is 0 Å². The molecule has 94 valence electrons. The third-order valence-corrected chi connectivity index (χ3v) is 2.80. The van der Waals surface area contributed by atoms with Gasteiger partial charge in [0.1, 0.15) is 0 Å². The Kier molecular flexibility index (Phi) is 6.77. The molecule has 0 aromatic carbocycles. The van der Waals surface area contributed by atoms with Crippen LogP contribution in [-0.4, -0.2) is 23.7 Å². The van der Waals surface area contributed by atoms with Crippen molar-refractivity contribution >= 4 is 11.9 Å². The summed E-state index contributed by atoms with van der Waals surface area (Å²) in [7, 11) is 0. The van der Waals surface area contributed by atoms with E-state index >= 15 is 0 Å². The Labute approximate surface area is 97.0 Å². The minimum absolute atomic E-state index is 0.171. The average molecular weight is 230 g/mol. The van der Waals surface area contributed by atoms with Gasteiger partial charge in [-0.1, -0.05) is 26.7 Å². The molecule has 0 aliphatic rings. The van der Waals surface area contributed by atoms with E-state index in [1.165, 1.54) is 0 Å². The van der Waals surface area contributed by atoms with Crippen LogP contribution >= 0.6 is 0 Å². The fourth-order valence-corrected chi connectivity index (χ4v) is 1.37. The van der Waals surface area contributed by atoms with E-state index < -0.39 is 17.4 Å². The summed E-state index contributed by atoms with van der Waals surface area (Å²) < 4.78 is 5.10. The van der Waals surface area contributed by atoms with Crippen LogP contribution in [0.5, 0.6) is 0 Å². The number of aliphatic carboxylic acids is 1. The van der Waals surface area contributed by atoms with Crippen molar-refractivity contribution in [2.24, 2.45) is 5.41 Å². The lowest BCUT2D eigenvalue weighted by atomic mass is 9.84. The van der Waals surface area contributed by atoms with E-state index in [9.17, 15) is 9.59 Å².